The molecule has 2 aliphatic rings. The van der Waals surface area contributed by atoms with Crippen LogP contribution in [-0.2, 0) is 23.8 Å². The van der Waals surface area contributed by atoms with Gasteiger partial charge in [-0.25, -0.2) is 4.98 Å². The van der Waals surface area contributed by atoms with E-state index in [4.69, 9.17) is 14.2 Å². The summed E-state index contributed by atoms with van der Waals surface area (Å²) >= 11 is 1.55. The average Bonchev–Trinajstić information content (AvgIpc) is 3.55. The Hall–Kier alpha value is -1.91. The zero-order chi connectivity index (χ0) is 28.7. The molecule has 1 fully saturated rings. The maximum Gasteiger partial charge on any atom is 0.309 e. The summed E-state index contributed by atoms with van der Waals surface area (Å²) < 4.78 is 17.3. The smallest absolute Gasteiger partial charge is 0.309 e. The molecule has 0 bridgehead atoms. The first-order valence-corrected chi connectivity index (χ1v) is 14.9. The van der Waals surface area contributed by atoms with Crippen LogP contribution in [0.15, 0.2) is 22.6 Å². The number of hydrogen-bond acceptors (Lipinski definition) is 9. The van der Waals surface area contributed by atoms with Crippen molar-refractivity contribution in [3.8, 4) is 0 Å². The van der Waals surface area contributed by atoms with Gasteiger partial charge in [-0.05, 0) is 50.7 Å². The molecule has 2 aliphatic heterocycles. The van der Waals surface area contributed by atoms with Gasteiger partial charge in [-0.1, -0.05) is 39.3 Å². The summed E-state index contributed by atoms with van der Waals surface area (Å²) in [4.78, 5) is 30.9. The molecule has 0 amide bonds. The van der Waals surface area contributed by atoms with Gasteiger partial charge in [0.15, 0.2) is 6.29 Å². The molecule has 39 heavy (non-hydrogen) atoms. The molecule has 9 heteroatoms. The van der Waals surface area contributed by atoms with Crippen LogP contribution in [0.3, 0.4) is 0 Å². The van der Waals surface area contributed by atoms with Gasteiger partial charge in [0.05, 0.1) is 48.0 Å². The molecule has 1 aromatic rings. The lowest BCUT2D eigenvalue weighted by atomic mass is 9.73. The van der Waals surface area contributed by atoms with Crippen molar-refractivity contribution in [3.63, 3.8) is 0 Å². The Balaban J connectivity index is 1.91. The molecule has 1 saturated heterocycles. The largest absolute Gasteiger partial charge is 0.457 e. The van der Waals surface area contributed by atoms with Gasteiger partial charge >= 0.3 is 5.97 Å². The van der Waals surface area contributed by atoms with Gasteiger partial charge in [0.1, 0.15) is 11.9 Å². The fourth-order valence-corrected chi connectivity index (χ4v) is 5.81. The summed E-state index contributed by atoms with van der Waals surface area (Å²) in [5.74, 6) is -1.63. The molecule has 0 spiro atoms. The fourth-order valence-electron chi connectivity index (χ4n) is 5.24. The third-order valence-electron chi connectivity index (χ3n) is 8.03. The third-order valence-corrected chi connectivity index (χ3v) is 8.82. The number of aryl methyl sites for hydroxylation is 1. The van der Waals surface area contributed by atoms with Crippen LogP contribution in [0.25, 0.3) is 6.08 Å². The van der Waals surface area contributed by atoms with Crippen molar-refractivity contribution >= 4 is 29.2 Å². The molecule has 0 aliphatic carbocycles. The predicted octanol–water partition coefficient (Wildman–Crippen LogP) is 5.01. The van der Waals surface area contributed by atoms with Crippen LogP contribution < -0.4 is 0 Å². The van der Waals surface area contributed by atoms with E-state index in [1.165, 1.54) is 0 Å². The summed E-state index contributed by atoms with van der Waals surface area (Å²) in [5, 5.41) is 24.8. The van der Waals surface area contributed by atoms with Crippen LogP contribution in [-0.4, -0.2) is 64.8 Å². The summed E-state index contributed by atoms with van der Waals surface area (Å²) in [5.41, 5.74) is 1.57. The molecule has 5 atom stereocenters. The maximum absolute atomic E-state index is 13.3. The minimum absolute atomic E-state index is 0.102. The van der Waals surface area contributed by atoms with E-state index >= 15 is 0 Å². The number of nitrogens with zero attached hydrogens (tertiary/aromatic N) is 1. The first-order valence-electron chi connectivity index (χ1n) is 14.0. The second-order valence-corrected chi connectivity index (χ2v) is 12.6. The molecular weight excluding hydrogens is 518 g/mol. The molecule has 218 valence electrons. The SMILES string of the molecule is CC(=Cc1csc(C)n1)[C@@H]1CC=C(CC2OCCO2)CCCC(C)[C@H](O)C(C)C(=O)C(C)(C)C(O)CC(=O)O1. The van der Waals surface area contributed by atoms with E-state index in [1.807, 2.05) is 32.2 Å². The van der Waals surface area contributed by atoms with Gasteiger partial charge in [-0.2, -0.15) is 0 Å². The molecule has 3 unspecified atom stereocenters. The molecule has 0 radical (unpaired) electrons. The topological polar surface area (TPSA) is 115 Å². The summed E-state index contributed by atoms with van der Waals surface area (Å²) in [6.45, 7) is 11.9. The first-order chi connectivity index (χ1) is 18.4. The lowest BCUT2D eigenvalue weighted by Crippen LogP contribution is -2.45. The quantitative estimate of drug-likeness (QED) is 0.388. The van der Waals surface area contributed by atoms with Crippen molar-refractivity contribution in [1.29, 1.82) is 0 Å². The monoisotopic (exact) mass is 563 g/mol. The fraction of sp³-hybridized carbons (Fsp3) is 0.700. The second kappa shape index (κ2) is 14.1. The number of carbonyl (C=O) groups is 2. The molecular formula is C30H45NO7S. The highest BCUT2D eigenvalue weighted by Gasteiger charge is 2.42. The zero-order valence-corrected chi connectivity index (χ0v) is 25.0. The summed E-state index contributed by atoms with van der Waals surface area (Å²) in [7, 11) is 0. The third kappa shape index (κ3) is 8.79. The number of ketones is 1. The van der Waals surface area contributed by atoms with Crippen molar-refractivity contribution in [2.75, 3.05) is 13.2 Å². The number of rotatable bonds is 4. The van der Waals surface area contributed by atoms with Crippen LogP contribution in [0, 0.1) is 24.2 Å². The second-order valence-electron chi connectivity index (χ2n) is 11.6. The Labute approximate surface area is 236 Å². The molecule has 0 aromatic carbocycles. The molecule has 8 nitrogen and oxygen atoms in total. The molecule has 0 saturated carbocycles. The van der Waals surface area contributed by atoms with Crippen LogP contribution >= 0.6 is 11.3 Å². The predicted molar refractivity (Wildman–Crippen MR) is 151 cm³/mol. The minimum Gasteiger partial charge on any atom is -0.457 e. The molecule has 3 heterocycles. The summed E-state index contributed by atoms with van der Waals surface area (Å²) in [6.07, 6.45) is 4.17. The number of ether oxygens (including phenoxy) is 3. The van der Waals surface area contributed by atoms with Gasteiger partial charge in [0.2, 0.25) is 0 Å². The normalized spacial score (nSPS) is 30.7. The number of thiazole rings is 1. The molecule has 1 aromatic heterocycles. The number of Topliss-reactive ketones (excluding diaryl/α,β-unsaturated/α-hetero) is 1. The van der Waals surface area contributed by atoms with Crippen molar-refractivity contribution in [2.45, 2.75) is 105 Å². The Bertz CT molecular complexity index is 1040. The number of aromatic nitrogens is 1. The Kier molecular flexibility index (Phi) is 11.5. The van der Waals surface area contributed by atoms with Gasteiger partial charge in [0, 0.05) is 24.1 Å². The van der Waals surface area contributed by atoms with Gasteiger partial charge in [-0.3, -0.25) is 9.59 Å². The van der Waals surface area contributed by atoms with Crippen LogP contribution in [0.2, 0.25) is 0 Å². The number of aliphatic hydroxyl groups excluding tert-OH is 2. The number of hydrogen-bond donors (Lipinski definition) is 2. The first kappa shape index (κ1) is 31.6. The Morgan fingerprint density at radius 2 is 1.90 bits per heavy atom. The Morgan fingerprint density at radius 1 is 1.21 bits per heavy atom. The van der Waals surface area contributed by atoms with Crippen molar-refractivity contribution in [2.24, 2.45) is 17.3 Å². The van der Waals surface area contributed by atoms with Crippen molar-refractivity contribution in [1.82, 2.24) is 4.98 Å². The number of cyclic esters (lactones) is 1. The highest BCUT2D eigenvalue weighted by Crippen LogP contribution is 2.33. The van der Waals surface area contributed by atoms with E-state index in [1.54, 1.807) is 32.1 Å². The zero-order valence-electron chi connectivity index (χ0n) is 24.1. The van der Waals surface area contributed by atoms with Crippen LogP contribution in [0.1, 0.15) is 83.8 Å². The van der Waals surface area contributed by atoms with E-state index in [0.29, 0.717) is 26.1 Å². The Morgan fingerprint density at radius 3 is 2.54 bits per heavy atom. The maximum atomic E-state index is 13.3. The van der Waals surface area contributed by atoms with Gasteiger partial charge < -0.3 is 24.4 Å². The summed E-state index contributed by atoms with van der Waals surface area (Å²) in [6, 6.07) is 0. The average molecular weight is 564 g/mol. The minimum atomic E-state index is -1.25. The molecule has 2 N–H and O–H groups in total. The lowest BCUT2D eigenvalue weighted by molar-refractivity contribution is -0.154. The van der Waals surface area contributed by atoms with E-state index in [0.717, 1.165) is 41.1 Å². The van der Waals surface area contributed by atoms with Crippen LogP contribution in [0.4, 0.5) is 0 Å². The molecule has 3 rings (SSSR count). The highest BCUT2D eigenvalue weighted by molar-refractivity contribution is 7.09. The number of aliphatic hydroxyl groups is 2. The van der Waals surface area contributed by atoms with E-state index in [-0.39, 0.29) is 24.4 Å². The lowest BCUT2D eigenvalue weighted by Gasteiger charge is -2.34. The highest BCUT2D eigenvalue weighted by atomic mass is 32.1. The van der Waals surface area contributed by atoms with Crippen molar-refractivity contribution < 1.29 is 34.0 Å². The van der Waals surface area contributed by atoms with Crippen molar-refractivity contribution in [3.05, 3.63) is 33.3 Å². The van der Waals surface area contributed by atoms with Gasteiger partial charge in [-0.15, -0.1) is 11.3 Å². The van der Waals surface area contributed by atoms with E-state index < -0.39 is 35.6 Å². The van der Waals surface area contributed by atoms with Crippen LogP contribution in [0.5, 0.6) is 0 Å². The number of esters is 1. The standard InChI is InChI=1S/C30H45NO7S/c1-18-8-7-9-22(15-27-36-12-13-37-27)10-11-24(19(2)14-23-17-39-21(4)31-23)38-26(33)16-25(32)30(5,6)29(35)20(3)28(18)34/h10,14,17-18,20,24-25,27-28,32,34H,7-9,11-13,15-16H2,1-6H3/t18?,20?,24-,25?,28-/m0/s1. The van der Waals surface area contributed by atoms with E-state index in [2.05, 4.69) is 11.1 Å². The van der Waals surface area contributed by atoms with Gasteiger partial charge in [0.25, 0.3) is 0 Å². The van der Waals surface area contributed by atoms with E-state index in [9.17, 15) is 19.8 Å². The number of carbonyl (C=O) groups excluding carboxylic acids is 2.